The van der Waals surface area contributed by atoms with Crippen molar-refractivity contribution in [1.82, 2.24) is 4.98 Å². The number of anilines is 1. The number of oxazole rings is 1. The first-order valence-electron chi connectivity index (χ1n) is 6.76. The van der Waals surface area contributed by atoms with E-state index in [1.165, 1.54) is 18.2 Å². The Hall–Kier alpha value is -2.60. The summed E-state index contributed by atoms with van der Waals surface area (Å²) in [6.45, 7) is 1.53. The van der Waals surface area contributed by atoms with Gasteiger partial charge in [0.25, 0.3) is 5.91 Å². The maximum atomic E-state index is 13.0. The summed E-state index contributed by atoms with van der Waals surface area (Å²) in [7, 11) is 0. The van der Waals surface area contributed by atoms with Crippen molar-refractivity contribution in [3.63, 3.8) is 0 Å². The van der Waals surface area contributed by atoms with Crippen LogP contribution in [0.4, 0.5) is 10.1 Å². The largest absolute Gasteiger partial charge is 0.484 e. The number of hydrogen-bond donors (Lipinski definition) is 1. The van der Waals surface area contributed by atoms with Gasteiger partial charge in [0.05, 0.1) is 5.02 Å². The van der Waals surface area contributed by atoms with Gasteiger partial charge in [-0.15, -0.1) is 0 Å². The van der Waals surface area contributed by atoms with Crippen molar-refractivity contribution in [1.29, 1.82) is 0 Å². The minimum absolute atomic E-state index is 0.0604. The summed E-state index contributed by atoms with van der Waals surface area (Å²) in [6, 6.07) is 9.03. The number of carbonyl (C=O) groups is 1. The quantitative estimate of drug-likeness (QED) is 0.784. The van der Waals surface area contributed by atoms with Crippen LogP contribution in [0.2, 0.25) is 5.02 Å². The molecule has 0 fully saturated rings. The minimum atomic E-state index is -0.542. The lowest BCUT2D eigenvalue weighted by Crippen LogP contribution is -2.20. The Bertz CT molecular complexity index is 879. The van der Waals surface area contributed by atoms with Crippen molar-refractivity contribution < 1.29 is 18.3 Å². The number of nitrogens with one attached hydrogen (secondary N) is 1. The monoisotopic (exact) mass is 334 g/mol. The van der Waals surface area contributed by atoms with Crippen molar-refractivity contribution in [3.05, 3.63) is 53.1 Å². The van der Waals surface area contributed by atoms with Gasteiger partial charge >= 0.3 is 0 Å². The van der Waals surface area contributed by atoms with Gasteiger partial charge in [0.15, 0.2) is 18.1 Å². The predicted molar refractivity (Wildman–Crippen MR) is 84.3 cm³/mol. The number of fused-ring (bicyclic) bond motifs is 1. The molecule has 0 aliphatic heterocycles. The fraction of sp³-hybridized carbons (Fsp3) is 0.125. The molecule has 0 unspecified atom stereocenters. The van der Waals surface area contributed by atoms with Crippen LogP contribution in [-0.4, -0.2) is 17.5 Å². The Kier molecular flexibility index (Phi) is 4.16. The van der Waals surface area contributed by atoms with E-state index < -0.39 is 5.82 Å². The lowest BCUT2D eigenvalue weighted by molar-refractivity contribution is -0.118. The smallest absolute Gasteiger partial charge is 0.262 e. The molecule has 23 heavy (non-hydrogen) atoms. The molecule has 0 bridgehead atoms. The first kappa shape index (κ1) is 15.3. The molecule has 5 nitrogen and oxygen atoms in total. The molecular formula is C16H12ClFN2O3. The minimum Gasteiger partial charge on any atom is -0.484 e. The van der Waals surface area contributed by atoms with Crippen LogP contribution in [-0.2, 0) is 4.79 Å². The molecule has 0 aliphatic rings. The Balaban J connectivity index is 1.62. The van der Waals surface area contributed by atoms with Crippen molar-refractivity contribution in [3.8, 4) is 5.75 Å². The second-order valence-corrected chi connectivity index (χ2v) is 5.24. The average molecular weight is 335 g/mol. The molecule has 0 atom stereocenters. The topological polar surface area (TPSA) is 64.4 Å². The van der Waals surface area contributed by atoms with E-state index in [9.17, 15) is 9.18 Å². The zero-order valence-electron chi connectivity index (χ0n) is 12.1. The van der Waals surface area contributed by atoms with Crippen LogP contribution in [0.25, 0.3) is 11.1 Å². The Labute approximate surface area is 136 Å². The van der Waals surface area contributed by atoms with E-state index in [0.29, 0.717) is 28.4 Å². The zero-order valence-corrected chi connectivity index (χ0v) is 12.9. The van der Waals surface area contributed by atoms with E-state index in [2.05, 4.69) is 10.3 Å². The predicted octanol–water partition coefficient (Wildman–Crippen LogP) is 3.95. The van der Waals surface area contributed by atoms with Gasteiger partial charge in [0, 0.05) is 18.7 Å². The molecule has 0 saturated heterocycles. The Morgan fingerprint density at radius 2 is 2.17 bits per heavy atom. The van der Waals surface area contributed by atoms with E-state index in [0.717, 1.165) is 0 Å². The summed E-state index contributed by atoms with van der Waals surface area (Å²) < 4.78 is 23.7. The highest BCUT2D eigenvalue weighted by Gasteiger charge is 2.08. The first-order valence-corrected chi connectivity index (χ1v) is 7.14. The Morgan fingerprint density at radius 3 is 2.96 bits per heavy atom. The molecule has 0 aliphatic carbocycles. The van der Waals surface area contributed by atoms with Crippen LogP contribution in [0.15, 0.2) is 40.8 Å². The normalized spacial score (nSPS) is 10.7. The summed E-state index contributed by atoms with van der Waals surface area (Å²) in [4.78, 5) is 16.1. The van der Waals surface area contributed by atoms with Gasteiger partial charge in [-0.1, -0.05) is 11.6 Å². The standard InChI is InChI=1S/C16H12ClFN2O3/c1-9-19-14-6-10(2-5-15(14)23-9)20-16(21)8-22-11-3-4-13(18)12(17)7-11/h2-7H,8H2,1H3,(H,20,21). The number of rotatable bonds is 4. The third-order valence-electron chi connectivity index (χ3n) is 3.04. The van der Waals surface area contributed by atoms with E-state index in [1.807, 2.05) is 0 Å². The molecule has 7 heteroatoms. The number of aromatic nitrogens is 1. The van der Waals surface area contributed by atoms with Crippen molar-refractivity contribution >= 4 is 34.3 Å². The van der Waals surface area contributed by atoms with Crippen molar-refractivity contribution in [2.45, 2.75) is 6.92 Å². The number of halogens is 2. The third-order valence-corrected chi connectivity index (χ3v) is 3.33. The van der Waals surface area contributed by atoms with E-state index in [-0.39, 0.29) is 17.5 Å². The summed E-state index contributed by atoms with van der Waals surface area (Å²) in [5.41, 5.74) is 1.89. The van der Waals surface area contributed by atoms with Crippen LogP contribution >= 0.6 is 11.6 Å². The molecule has 3 aromatic rings. The molecule has 2 aromatic carbocycles. The van der Waals surface area contributed by atoms with Gasteiger partial charge in [0.2, 0.25) is 0 Å². The van der Waals surface area contributed by atoms with Gasteiger partial charge in [-0.3, -0.25) is 4.79 Å². The van der Waals surface area contributed by atoms with Crippen molar-refractivity contribution in [2.24, 2.45) is 0 Å². The maximum absolute atomic E-state index is 13.0. The lowest BCUT2D eigenvalue weighted by atomic mass is 10.3. The highest BCUT2D eigenvalue weighted by Crippen LogP contribution is 2.22. The molecule has 1 amide bonds. The average Bonchev–Trinajstić information content (AvgIpc) is 2.88. The zero-order chi connectivity index (χ0) is 16.4. The maximum Gasteiger partial charge on any atom is 0.262 e. The number of aryl methyl sites for hydroxylation is 1. The summed E-state index contributed by atoms with van der Waals surface area (Å²) >= 11 is 5.64. The second-order valence-electron chi connectivity index (χ2n) is 4.83. The highest BCUT2D eigenvalue weighted by molar-refractivity contribution is 6.30. The van der Waals surface area contributed by atoms with Crippen molar-refractivity contribution in [2.75, 3.05) is 11.9 Å². The summed E-state index contributed by atoms with van der Waals surface area (Å²) in [5, 5.41) is 2.63. The van der Waals surface area contributed by atoms with Crippen LogP contribution in [0, 0.1) is 12.7 Å². The number of hydrogen-bond acceptors (Lipinski definition) is 4. The van der Waals surface area contributed by atoms with Crippen LogP contribution in [0.1, 0.15) is 5.89 Å². The molecule has 0 radical (unpaired) electrons. The number of ether oxygens (including phenoxy) is 1. The van der Waals surface area contributed by atoms with E-state index in [1.54, 1.807) is 25.1 Å². The molecular weight excluding hydrogens is 323 g/mol. The van der Waals surface area contributed by atoms with Gasteiger partial charge in [0.1, 0.15) is 17.1 Å². The molecule has 1 heterocycles. The number of nitrogens with zero attached hydrogens (tertiary/aromatic N) is 1. The molecule has 1 aromatic heterocycles. The first-order chi connectivity index (χ1) is 11.0. The Morgan fingerprint density at radius 1 is 1.35 bits per heavy atom. The van der Waals surface area contributed by atoms with Gasteiger partial charge in [-0.2, -0.15) is 0 Å². The molecule has 1 N–H and O–H groups in total. The fourth-order valence-electron chi connectivity index (χ4n) is 2.03. The molecule has 118 valence electrons. The summed E-state index contributed by atoms with van der Waals surface area (Å²) in [5.74, 6) is -0.0289. The van der Waals surface area contributed by atoms with E-state index >= 15 is 0 Å². The van der Waals surface area contributed by atoms with Gasteiger partial charge < -0.3 is 14.5 Å². The lowest BCUT2D eigenvalue weighted by Gasteiger charge is -2.08. The van der Waals surface area contributed by atoms with Gasteiger partial charge in [-0.05, 0) is 30.3 Å². The number of amides is 1. The molecule has 0 spiro atoms. The fourth-order valence-corrected chi connectivity index (χ4v) is 2.20. The highest BCUT2D eigenvalue weighted by atomic mass is 35.5. The molecule has 3 rings (SSSR count). The number of benzene rings is 2. The molecule has 0 saturated carbocycles. The number of carbonyl (C=O) groups excluding carboxylic acids is 1. The third kappa shape index (κ3) is 3.60. The van der Waals surface area contributed by atoms with Crippen LogP contribution in [0.5, 0.6) is 5.75 Å². The second kappa shape index (κ2) is 6.26. The van der Waals surface area contributed by atoms with E-state index in [4.69, 9.17) is 20.8 Å². The van der Waals surface area contributed by atoms with Crippen LogP contribution in [0.3, 0.4) is 0 Å². The summed E-state index contributed by atoms with van der Waals surface area (Å²) in [6.07, 6.45) is 0. The van der Waals surface area contributed by atoms with Gasteiger partial charge in [-0.25, -0.2) is 9.37 Å². The van der Waals surface area contributed by atoms with Crippen LogP contribution < -0.4 is 10.1 Å². The SMILES string of the molecule is Cc1nc2cc(NC(=O)COc3ccc(F)c(Cl)c3)ccc2o1.